The summed E-state index contributed by atoms with van der Waals surface area (Å²) in [5.74, 6) is 4.97. The van der Waals surface area contributed by atoms with Gasteiger partial charge in [0, 0.05) is 28.1 Å². The fourth-order valence-electron chi connectivity index (χ4n) is 2.23. The normalized spacial score (nSPS) is 10.9. The molecule has 0 aliphatic carbocycles. The van der Waals surface area contributed by atoms with E-state index in [4.69, 9.17) is 5.84 Å². The summed E-state index contributed by atoms with van der Waals surface area (Å²) >= 11 is 4.94. The molecule has 1 aromatic carbocycles. The lowest BCUT2D eigenvalue weighted by atomic mass is 10.2. The maximum absolute atomic E-state index is 11.7. The number of thiophene rings is 1. The molecule has 3 N–H and O–H groups in total. The summed E-state index contributed by atoms with van der Waals surface area (Å²) in [6.07, 6.45) is 2.03. The Hall–Kier alpha value is -1.63. The average molecular weight is 350 g/mol. The van der Waals surface area contributed by atoms with E-state index < -0.39 is 0 Å². The maximum Gasteiger partial charge on any atom is 0.275 e. The van der Waals surface area contributed by atoms with Crippen LogP contribution in [0.1, 0.15) is 15.2 Å². The standard InChI is InChI=1S/C14H12BrN3OS/c15-11-2-1-3-12-10(11)4-6-18(12)8-9-5-7-20-13(9)14(19)17-16/h1-7H,8,16H2,(H,17,19). The van der Waals surface area contributed by atoms with Gasteiger partial charge in [-0.05, 0) is 35.2 Å². The number of hydrazine groups is 1. The summed E-state index contributed by atoms with van der Waals surface area (Å²) < 4.78 is 3.19. The zero-order valence-electron chi connectivity index (χ0n) is 10.5. The van der Waals surface area contributed by atoms with Gasteiger partial charge in [-0.2, -0.15) is 0 Å². The van der Waals surface area contributed by atoms with Gasteiger partial charge < -0.3 is 4.57 Å². The Morgan fingerprint density at radius 2 is 2.20 bits per heavy atom. The minimum atomic E-state index is -0.243. The maximum atomic E-state index is 11.7. The summed E-state index contributed by atoms with van der Waals surface area (Å²) in [5, 5.41) is 3.06. The van der Waals surface area contributed by atoms with E-state index in [1.54, 1.807) is 0 Å². The second-order valence-corrected chi connectivity index (χ2v) is 6.14. The second kappa shape index (κ2) is 5.40. The van der Waals surface area contributed by atoms with Crippen molar-refractivity contribution in [3.63, 3.8) is 0 Å². The number of nitrogens with two attached hydrogens (primary N) is 1. The highest BCUT2D eigenvalue weighted by molar-refractivity contribution is 9.10. The molecule has 0 fully saturated rings. The summed E-state index contributed by atoms with van der Waals surface area (Å²) in [7, 11) is 0. The molecule has 0 saturated carbocycles. The molecule has 0 bridgehead atoms. The molecule has 0 radical (unpaired) electrons. The lowest BCUT2D eigenvalue weighted by Gasteiger charge is -2.06. The molecular formula is C14H12BrN3OS. The van der Waals surface area contributed by atoms with Crippen molar-refractivity contribution in [3.05, 3.63) is 56.8 Å². The van der Waals surface area contributed by atoms with Gasteiger partial charge in [-0.25, -0.2) is 5.84 Å². The van der Waals surface area contributed by atoms with Crippen LogP contribution in [0.3, 0.4) is 0 Å². The quantitative estimate of drug-likeness (QED) is 0.433. The molecule has 2 aromatic heterocycles. The number of carbonyl (C=O) groups excluding carboxylic acids is 1. The number of amides is 1. The van der Waals surface area contributed by atoms with Crippen molar-refractivity contribution < 1.29 is 4.79 Å². The van der Waals surface area contributed by atoms with Crippen LogP contribution in [-0.4, -0.2) is 10.5 Å². The molecule has 3 aromatic rings. The van der Waals surface area contributed by atoms with Crippen LogP contribution in [0.2, 0.25) is 0 Å². The molecule has 3 rings (SSSR count). The molecule has 2 heterocycles. The van der Waals surface area contributed by atoms with Crippen LogP contribution in [-0.2, 0) is 6.54 Å². The molecule has 4 nitrogen and oxygen atoms in total. The highest BCUT2D eigenvalue weighted by Gasteiger charge is 2.13. The highest BCUT2D eigenvalue weighted by Crippen LogP contribution is 2.26. The van der Waals surface area contributed by atoms with Gasteiger partial charge in [0.05, 0.1) is 4.88 Å². The molecular weight excluding hydrogens is 338 g/mol. The van der Waals surface area contributed by atoms with Gasteiger partial charge in [-0.1, -0.05) is 22.0 Å². The number of halogens is 1. The Bertz CT molecular complexity index is 778. The van der Waals surface area contributed by atoms with Crippen molar-refractivity contribution >= 4 is 44.1 Å². The number of carbonyl (C=O) groups is 1. The Morgan fingerprint density at radius 3 is 3.00 bits per heavy atom. The minimum Gasteiger partial charge on any atom is -0.343 e. The lowest BCUT2D eigenvalue weighted by molar-refractivity contribution is 0.0957. The number of rotatable bonds is 3. The van der Waals surface area contributed by atoms with Crippen LogP contribution >= 0.6 is 27.3 Å². The van der Waals surface area contributed by atoms with E-state index in [0.717, 1.165) is 20.9 Å². The molecule has 6 heteroatoms. The molecule has 102 valence electrons. The Morgan fingerprint density at radius 1 is 1.35 bits per heavy atom. The van der Waals surface area contributed by atoms with Gasteiger partial charge >= 0.3 is 0 Å². The summed E-state index contributed by atoms with van der Waals surface area (Å²) in [6.45, 7) is 0.645. The van der Waals surface area contributed by atoms with Crippen molar-refractivity contribution in [1.29, 1.82) is 0 Å². The minimum absolute atomic E-state index is 0.243. The van der Waals surface area contributed by atoms with Crippen LogP contribution < -0.4 is 11.3 Å². The van der Waals surface area contributed by atoms with Crippen LogP contribution in [0.5, 0.6) is 0 Å². The number of aromatic nitrogens is 1. The van der Waals surface area contributed by atoms with E-state index in [1.807, 2.05) is 29.8 Å². The Kier molecular flexibility index (Phi) is 3.60. The summed E-state index contributed by atoms with van der Waals surface area (Å²) in [6, 6.07) is 10.1. The fourth-order valence-corrected chi connectivity index (χ4v) is 3.54. The molecule has 0 unspecified atom stereocenters. The average Bonchev–Trinajstić information content (AvgIpc) is 3.07. The SMILES string of the molecule is NNC(=O)c1sccc1Cn1ccc2c(Br)cccc21. The molecule has 1 amide bonds. The predicted molar refractivity (Wildman–Crippen MR) is 84.7 cm³/mol. The van der Waals surface area contributed by atoms with Gasteiger partial charge in [-0.3, -0.25) is 10.2 Å². The van der Waals surface area contributed by atoms with E-state index >= 15 is 0 Å². The van der Waals surface area contributed by atoms with E-state index in [-0.39, 0.29) is 5.91 Å². The number of hydrogen-bond donors (Lipinski definition) is 2. The first-order chi connectivity index (χ1) is 9.70. The van der Waals surface area contributed by atoms with E-state index in [1.165, 1.54) is 11.3 Å². The third kappa shape index (κ3) is 2.26. The van der Waals surface area contributed by atoms with E-state index in [0.29, 0.717) is 11.4 Å². The molecule has 0 saturated heterocycles. The van der Waals surface area contributed by atoms with Crippen molar-refractivity contribution in [2.24, 2.45) is 5.84 Å². The van der Waals surface area contributed by atoms with Gasteiger partial charge in [0.15, 0.2) is 0 Å². The summed E-state index contributed by atoms with van der Waals surface area (Å²) in [4.78, 5) is 12.4. The molecule has 0 spiro atoms. The molecule has 0 aliphatic rings. The molecule has 0 aliphatic heterocycles. The Balaban J connectivity index is 2.00. The van der Waals surface area contributed by atoms with Crippen LogP contribution in [0.4, 0.5) is 0 Å². The highest BCUT2D eigenvalue weighted by atomic mass is 79.9. The molecule has 0 atom stereocenters. The lowest BCUT2D eigenvalue weighted by Crippen LogP contribution is -2.30. The van der Waals surface area contributed by atoms with Crippen LogP contribution in [0.15, 0.2) is 46.4 Å². The zero-order chi connectivity index (χ0) is 14.1. The number of nitrogens with zero attached hydrogens (tertiary/aromatic N) is 1. The van der Waals surface area contributed by atoms with Crippen LogP contribution in [0, 0.1) is 0 Å². The van der Waals surface area contributed by atoms with Gasteiger partial charge in [0.1, 0.15) is 0 Å². The second-order valence-electron chi connectivity index (χ2n) is 4.36. The van der Waals surface area contributed by atoms with Crippen molar-refractivity contribution in [2.75, 3.05) is 0 Å². The predicted octanol–water partition coefficient (Wildman–Crippen LogP) is 3.12. The van der Waals surface area contributed by atoms with E-state index in [9.17, 15) is 4.79 Å². The largest absolute Gasteiger partial charge is 0.343 e. The number of nitrogen functional groups attached to an aromatic ring is 1. The van der Waals surface area contributed by atoms with Crippen molar-refractivity contribution in [1.82, 2.24) is 9.99 Å². The summed E-state index contributed by atoms with van der Waals surface area (Å²) in [5.41, 5.74) is 4.29. The van der Waals surface area contributed by atoms with Gasteiger partial charge in [-0.15, -0.1) is 11.3 Å². The first-order valence-corrected chi connectivity index (χ1v) is 7.68. The topological polar surface area (TPSA) is 60.0 Å². The van der Waals surface area contributed by atoms with E-state index in [2.05, 4.69) is 38.1 Å². The fraction of sp³-hybridized carbons (Fsp3) is 0.0714. The van der Waals surface area contributed by atoms with Gasteiger partial charge in [0.2, 0.25) is 0 Å². The van der Waals surface area contributed by atoms with Crippen molar-refractivity contribution in [2.45, 2.75) is 6.54 Å². The third-order valence-corrected chi connectivity index (χ3v) is 4.83. The molecule has 20 heavy (non-hydrogen) atoms. The monoisotopic (exact) mass is 349 g/mol. The van der Waals surface area contributed by atoms with Crippen molar-refractivity contribution in [3.8, 4) is 0 Å². The third-order valence-electron chi connectivity index (χ3n) is 3.19. The first-order valence-electron chi connectivity index (χ1n) is 6.01. The number of fused-ring (bicyclic) bond motifs is 1. The van der Waals surface area contributed by atoms with Crippen LogP contribution in [0.25, 0.3) is 10.9 Å². The number of benzene rings is 1. The smallest absolute Gasteiger partial charge is 0.275 e. The number of hydrogen-bond acceptors (Lipinski definition) is 3. The Labute approximate surface area is 128 Å². The first kappa shape index (κ1) is 13.4. The van der Waals surface area contributed by atoms with Gasteiger partial charge in [0.25, 0.3) is 5.91 Å². The number of nitrogens with one attached hydrogen (secondary N) is 1. The zero-order valence-corrected chi connectivity index (χ0v) is 12.9.